The van der Waals surface area contributed by atoms with E-state index in [0.717, 1.165) is 26.7 Å². The summed E-state index contributed by atoms with van der Waals surface area (Å²) < 4.78 is 6.76. The van der Waals surface area contributed by atoms with Gasteiger partial charge in [-0.25, -0.2) is 0 Å². The fourth-order valence-corrected chi connectivity index (χ4v) is 4.15. The lowest BCUT2D eigenvalue weighted by Crippen LogP contribution is -2.27. The second-order valence-electron chi connectivity index (χ2n) is 6.25. The average molecular weight is 465 g/mol. The number of hydrogen-bond acceptors (Lipinski definition) is 5. The zero-order valence-corrected chi connectivity index (χ0v) is 17.4. The summed E-state index contributed by atoms with van der Waals surface area (Å²) in [6.45, 7) is 0.0627. The van der Waals surface area contributed by atoms with E-state index in [0.29, 0.717) is 27.6 Å². The van der Waals surface area contributed by atoms with Crippen LogP contribution in [0.4, 0.5) is 4.79 Å². The lowest BCUT2D eigenvalue weighted by molar-refractivity contribution is -0.123. The maximum absolute atomic E-state index is 12.7. The summed E-state index contributed by atoms with van der Waals surface area (Å²) in [5.74, 6) is 0.760. The van der Waals surface area contributed by atoms with Crippen LogP contribution in [0.15, 0.2) is 74.5 Å². The predicted octanol–water partition coefficient (Wildman–Crippen LogP) is 5.82. The summed E-state index contributed by atoms with van der Waals surface area (Å²) in [5.41, 5.74) is 1.98. The zero-order valence-electron chi connectivity index (χ0n) is 15.0. The van der Waals surface area contributed by atoms with Crippen molar-refractivity contribution in [1.82, 2.24) is 4.90 Å². The first kappa shape index (κ1) is 19.2. The number of rotatable bonds is 4. The van der Waals surface area contributed by atoms with Gasteiger partial charge in [0.1, 0.15) is 11.5 Å². The van der Waals surface area contributed by atoms with Crippen LogP contribution in [0.2, 0.25) is 0 Å². The molecule has 1 aliphatic rings. The SMILES string of the molecule is N#Cc1ccccc1CN1C(=O)S/C(=C/c2ccc(-c3cccc(Br)c3)o2)C1=O. The van der Waals surface area contributed by atoms with Crippen molar-refractivity contribution >= 4 is 44.9 Å². The Labute approximate surface area is 179 Å². The number of amides is 2. The molecule has 0 N–H and O–H groups in total. The van der Waals surface area contributed by atoms with Gasteiger partial charge in [-0.05, 0) is 47.7 Å². The van der Waals surface area contributed by atoms with Crippen molar-refractivity contribution in [2.24, 2.45) is 0 Å². The molecule has 7 heteroatoms. The highest BCUT2D eigenvalue weighted by Crippen LogP contribution is 2.34. The largest absolute Gasteiger partial charge is 0.457 e. The van der Waals surface area contributed by atoms with Crippen molar-refractivity contribution in [3.05, 3.63) is 86.9 Å². The Morgan fingerprint density at radius 2 is 1.93 bits per heavy atom. The van der Waals surface area contributed by atoms with Gasteiger partial charge in [0, 0.05) is 16.1 Å². The topological polar surface area (TPSA) is 74.3 Å². The number of thioether (sulfide) groups is 1. The van der Waals surface area contributed by atoms with Gasteiger partial charge < -0.3 is 4.42 Å². The van der Waals surface area contributed by atoms with Gasteiger partial charge in [-0.15, -0.1) is 0 Å². The second-order valence-corrected chi connectivity index (χ2v) is 8.16. The molecule has 0 spiro atoms. The molecule has 2 aromatic carbocycles. The van der Waals surface area contributed by atoms with Crippen LogP contribution in [-0.2, 0) is 11.3 Å². The maximum Gasteiger partial charge on any atom is 0.293 e. The number of carbonyl (C=O) groups is 2. The first-order chi connectivity index (χ1) is 14.0. The molecule has 0 bridgehead atoms. The van der Waals surface area contributed by atoms with Gasteiger partial charge >= 0.3 is 0 Å². The van der Waals surface area contributed by atoms with Gasteiger partial charge in [-0.1, -0.05) is 46.3 Å². The van der Waals surface area contributed by atoms with Crippen LogP contribution in [0.3, 0.4) is 0 Å². The standard InChI is InChI=1S/C22H13BrN2O3S/c23-17-7-3-6-14(10-17)19-9-8-18(28-19)11-20-21(26)25(22(27)29-20)13-16-5-2-1-4-15(16)12-24/h1-11H,13H2/b20-11+. The Kier molecular flexibility index (Phi) is 5.38. The van der Waals surface area contributed by atoms with Crippen LogP contribution in [-0.4, -0.2) is 16.0 Å². The minimum absolute atomic E-state index is 0.0627. The van der Waals surface area contributed by atoms with Gasteiger partial charge in [-0.2, -0.15) is 5.26 Å². The van der Waals surface area contributed by atoms with Crippen LogP contribution in [0.1, 0.15) is 16.9 Å². The van der Waals surface area contributed by atoms with Crippen molar-refractivity contribution in [3.63, 3.8) is 0 Å². The van der Waals surface area contributed by atoms with Crippen molar-refractivity contribution in [3.8, 4) is 17.4 Å². The molecule has 2 heterocycles. The van der Waals surface area contributed by atoms with E-state index in [-0.39, 0.29) is 11.8 Å². The molecule has 0 aliphatic carbocycles. The highest BCUT2D eigenvalue weighted by molar-refractivity contribution is 9.10. The van der Waals surface area contributed by atoms with Gasteiger partial charge in [0.25, 0.3) is 11.1 Å². The monoisotopic (exact) mass is 464 g/mol. The number of nitrogens with zero attached hydrogens (tertiary/aromatic N) is 2. The molecular formula is C22H13BrN2O3S. The van der Waals surface area contributed by atoms with Crippen LogP contribution < -0.4 is 0 Å². The van der Waals surface area contributed by atoms with Crippen molar-refractivity contribution in [1.29, 1.82) is 5.26 Å². The third-order valence-electron chi connectivity index (χ3n) is 4.35. The first-order valence-corrected chi connectivity index (χ1v) is 10.3. The molecule has 1 fully saturated rings. The maximum atomic E-state index is 12.7. The van der Waals surface area contributed by atoms with E-state index in [1.165, 1.54) is 0 Å². The lowest BCUT2D eigenvalue weighted by Gasteiger charge is -2.13. The van der Waals surface area contributed by atoms with E-state index in [1.54, 1.807) is 36.4 Å². The number of benzene rings is 2. The molecule has 142 valence electrons. The molecule has 3 aromatic rings. The predicted molar refractivity (Wildman–Crippen MR) is 115 cm³/mol. The Bertz CT molecular complexity index is 1190. The smallest absolute Gasteiger partial charge is 0.293 e. The average Bonchev–Trinajstić information content (AvgIpc) is 3.29. The number of carbonyl (C=O) groups excluding carboxylic acids is 2. The summed E-state index contributed by atoms with van der Waals surface area (Å²) >= 11 is 4.30. The van der Waals surface area contributed by atoms with Gasteiger partial charge in [0.05, 0.1) is 23.1 Å². The Morgan fingerprint density at radius 1 is 1.10 bits per heavy atom. The molecule has 2 amide bonds. The Morgan fingerprint density at radius 3 is 2.72 bits per heavy atom. The minimum Gasteiger partial charge on any atom is -0.457 e. The van der Waals surface area contributed by atoms with E-state index in [4.69, 9.17) is 4.42 Å². The highest BCUT2D eigenvalue weighted by Gasteiger charge is 2.35. The normalized spacial score (nSPS) is 15.2. The Balaban J connectivity index is 1.56. The minimum atomic E-state index is -0.395. The third-order valence-corrected chi connectivity index (χ3v) is 5.75. The lowest BCUT2D eigenvalue weighted by atomic mass is 10.1. The third kappa shape index (κ3) is 4.04. The van der Waals surface area contributed by atoms with Crippen molar-refractivity contribution in [2.75, 3.05) is 0 Å². The molecule has 0 atom stereocenters. The summed E-state index contributed by atoms with van der Waals surface area (Å²) in [6, 6.07) is 20.3. The number of furan rings is 1. The number of imide groups is 1. The van der Waals surface area contributed by atoms with E-state index in [9.17, 15) is 14.9 Å². The quantitative estimate of drug-likeness (QED) is 0.454. The van der Waals surface area contributed by atoms with E-state index >= 15 is 0 Å². The van der Waals surface area contributed by atoms with Gasteiger partial charge in [0.2, 0.25) is 0 Å². The number of halogens is 1. The molecule has 1 saturated heterocycles. The van der Waals surface area contributed by atoms with Gasteiger partial charge in [-0.3, -0.25) is 14.5 Å². The summed E-state index contributed by atoms with van der Waals surface area (Å²) in [4.78, 5) is 26.5. The fourth-order valence-electron chi connectivity index (χ4n) is 2.93. The van der Waals surface area contributed by atoms with E-state index in [1.807, 2.05) is 30.3 Å². The van der Waals surface area contributed by atoms with Gasteiger partial charge in [0.15, 0.2) is 0 Å². The zero-order chi connectivity index (χ0) is 20.4. The van der Waals surface area contributed by atoms with Crippen LogP contribution >= 0.6 is 27.7 Å². The summed E-state index contributed by atoms with van der Waals surface area (Å²) in [5, 5.41) is 8.85. The molecule has 29 heavy (non-hydrogen) atoms. The summed E-state index contributed by atoms with van der Waals surface area (Å²) in [7, 11) is 0. The molecule has 1 aromatic heterocycles. The van der Waals surface area contributed by atoms with Crippen LogP contribution in [0, 0.1) is 11.3 Å². The molecule has 0 radical (unpaired) electrons. The van der Waals surface area contributed by atoms with Crippen molar-refractivity contribution in [2.45, 2.75) is 6.54 Å². The Hall–Kier alpha value is -3.08. The second kappa shape index (κ2) is 8.11. The molecular weight excluding hydrogens is 452 g/mol. The summed E-state index contributed by atoms with van der Waals surface area (Å²) in [6.07, 6.45) is 1.57. The van der Waals surface area contributed by atoms with E-state index < -0.39 is 5.91 Å². The van der Waals surface area contributed by atoms with Crippen molar-refractivity contribution < 1.29 is 14.0 Å². The molecule has 5 nitrogen and oxygen atoms in total. The van der Waals surface area contributed by atoms with Crippen LogP contribution in [0.5, 0.6) is 0 Å². The van der Waals surface area contributed by atoms with Crippen LogP contribution in [0.25, 0.3) is 17.4 Å². The molecule has 0 unspecified atom stereocenters. The highest BCUT2D eigenvalue weighted by atomic mass is 79.9. The van der Waals surface area contributed by atoms with E-state index in [2.05, 4.69) is 22.0 Å². The molecule has 0 saturated carbocycles. The number of nitriles is 1. The molecule has 4 rings (SSSR count). The molecule has 1 aliphatic heterocycles. The number of hydrogen-bond donors (Lipinski definition) is 0. The first-order valence-electron chi connectivity index (χ1n) is 8.64. The fraction of sp³-hybridized carbons (Fsp3) is 0.0455.